The molecule has 2 N–H and O–H groups in total. The average Bonchev–Trinajstić information content (AvgIpc) is 3.13. The van der Waals surface area contributed by atoms with Gasteiger partial charge >= 0.3 is 0 Å². The number of hydroxylamine groups is 1. The Morgan fingerprint density at radius 1 is 1.04 bits per heavy atom. The molecule has 2 aliphatic heterocycles. The number of rotatable bonds is 3. The van der Waals surface area contributed by atoms with Crippen molar-refractivity contribution in [3.8, 4) is 0 Å². The molecule has 0 unspecified atom stereocenters. The van der Waals surface area contributed by atoms with Crippen LogP contribution >= 0.6 is 15.9 Å². The van der Waals surface area contributed by atoms with Crippen LogP contribution in [0.5, 0.6) is 0 Å². The fraction of sp³-hybridized carbons (Fsp3) is 0.238. The number of amides is 2. The summed E-state index contributed by atoms with van der Waals surface area (Å²) in [5, 5.41) is 2.84. The molecule has 2 aromatic carbocycles. The molecular weight excluding hydrogens is 422 g/mol. The molecule has 1 fully saturated rings. The van der Waals surface area contributed by atoms with Crippen LogP contribution in [0, 0.1) is 0 Å². The van der Waals surface area contributed by atoms with Crippen LogP contribution in [-0.2, 0) is 9.63 Å². The Balaban J connectivity index is 1.38. The smallest absolute Gasteiger partial charge is 0.273 e. The van der Waals surface area contributed by atoms with Gasteiger partial charge in [-0.15, -0.1) is 0 Å². The monoisotopic (exact) mass is 441 g/mol. The molecule has 2 aromatic rings. The summed E-state index contributed by atoms with van der Waals surface area (Å²) in [6.45, 7) is 1.14. The zero-order valence-corrected chi connectivity index (χ0v) is 16.7. The number of anilines is 1. The fourth-order valence-electron chi connectivity index (χ4n) is 3.42. The summed E-state index contributed by atoms with van der Waals surface area (Å²) < 4.78 is 0.943. The van der Waals surface area contributed by atoms with E-state index in [1.807, 2.05) is 65.6 Å². The Bertz CT molecular complexity index is 904. The molecule has 6 nitrogen and oxygen atoms in total. The highest BCUT2D eigenvalue weighted by Gasteiger charge is 2.41. The number of nitrogens with one attached hydrogen (secondary N) is 2. The number of hydrogen-bond donors (Lipinski definition) is 2. The molecule has 2 aliphatic rings. The Morgan fingerprint density at radius 3 is 2.39 bits per heavy atom. The van der Waals surface area contributed by atoms with Gasteiger partial charge in [-0.1, -0.05) is 34.1 Å². The second-order valence-corrected chi connectivity index (χ2v) is 7.86. The molecule has 4 rings (SSSR count). The van der Waals surface area contributed by atoms with Crippen molar-refractivity contribution in [3.05, 3.63) is 76.4 Å². The van der Waals surface area contributed by atoms with Crippen molar-refractivity contribution in [2.75, 3.05) is 18.4 Å². The van der Waals surface area contributed by atoms with Crippen LogP contribution in [0.15, 0.2) is 70.8 Å². The first-order valence-corrected chi connectivity index (χ1v) is 9.92. The van der Waals surface area contributed by atoms with E-state index in [1.54, 1.807) is 0 Å². The van der Waals surface area contributed by atoms with Gasteiger partial charge in [-0.2, -0.15) is 0 Å². The van der Waals surface area contributed by atoms with Crippen LogP contribution in [-0.4, -0.2) is 35.4 Å². The lowest BCUT2D eigenvalue weighted by Crippen LogP contribution is -2.46. The van der Waals surface area contributed by atoms with Crippen molar-refractivity contribution in [1.82, 2.24) is 10.4 Å². The molecule has 7 heteroatoms. The van der Waals surface area contributed by atoms with Gasteiger partial charge in [0.25, 0.3) is 11.8 Å². The van der Waals surface area contributed by atoms with Gasteiger partial charge in [-0.3, -0.25) is 19.9 Å². The summed E-state index contributed by atoms with van der Waals surface area (Å²) in [5.41, 5.74) is 4.00. The second kappa shape index (κ2) is 7.77. The van der Waals surface area contributed by atoms with Crippen molar-refractivity contribution >= 4 is 33.4 Å². The summed E-state index contributed by atoms with van der Waals surface area (Å²) in [4.78, 5) is 32.7. The molecule has 144 valence electrons. The number of para-hydroxylation sites is 1. The molecule has 0 saturated carbocycles. The second-order valence-electron chi connectivity index (χ2n) is 6.95. The summed E-state index contributed by atoms with van der Waals surface area (Å²) in [7, 11) is 0. The third kappa shape index (κ3) is 3.95. The van der Waals surface area contributed by atoms with E-state index in [-0.39, 0.29) is 11.8 Å². The number of halogens is 1. The summed E-state index contributed by atoms with van der Waals surface area (Å²) in [5.74, 6) is -0.226. The Kier molecular flexibility index (Phi) is 5.19. The minimum Gasteiger partial charge on any atom is -0.338 e. The van der Waals surface area contributed by atoms with Crippen LogP contribution in [0.2, 0.25) is 0 Å². The topological polar surface area (TPSA) is 70.7 Å². The van der Waals surface area contributed by atoms with Gasteiger partial charge in [0.05, 0.1) is 0 Å². The Labute approximate surface area is 171 Å². The number of hydrogen-bond acceptors (Lipinski definition) is 4. The molecule has 0 radical (unpaired) electrons. The predicted molar refractivity (Wildman–Crippen MR) is 109 cm³/mol. The van der Waals surface area contributed by atoms with Gasteiger partial charge < -0.3 is 10.2 Å². The number of nitrogens with zero attached hydrogens (tertiary/aromatic N) is 1. The molecule has 2 amide bonds. The lowest BCUT2D eigenvalue weighted by Gasteiger charge is -2.36. The molecule has 1 spiro atoms. The van der Waals surface area contributed by atoms with Crippen molar-refractivity contribution in [3.63, 3.8) is 0 Å². The number of benzene rings is 2. The molecule has 28 heavy (non-hydrogen) atoms. The standard InChI is InChI=1S/C21H20BrN3O3/c22-16-8-6-15(7-9-16)20(27)25-12-10-21(11-13-25)14-18(24-28-21)19(26)23-17-4-2-1-3-5-17/h1-9,14,24H,10-13H2,(H,23,26). The first-order chi connectivity index (χ1) is 13.5. The molecule has 0 bridgehead atoms. The van der Waals surface area contributed by atoms with Crippen molar-refractivity contribution in [2.24, 2.45) is 0 Å². The minimum atomic E-state index is -0.556. The van der Waals surface area contributed by atoms with Crippen LogP contribution < -0.4 is 10.8 Å². The van der Waals surface area contributed by atoms with Gasteiger partial charge in [0.2, 0.25) is 0 Å². The van der Waals surface area contributed by atoms with Gasteiger partial charge in [0.1, 0.15) is 11.3 Å². The van der Waals surface area contributed by atoms with E-state index in [4.69, 9.17) is 4.84 Å². The lowest BCUT2D eigenvalue weighted by molar-refractivity contribution is -0.115. The van der Waals surface area contributed by atoms with Crippen molar-refractivity contribution < 1.29 is 14.4 Å². The zero-order chi connectivity index (χ0) is 19.6. The first kappa shape index (κ1) is 18.7. The van der Waals surface area contributed by atoms with E-state index in [9.17, 15) is 9.59 Å². The fourth-order valence-corrected chi connectivity index (χ4v) is 3.68. The maximum absolute atomic E-state index is 12.7. The molecular formula is C21H20BrN3O3. The molecule has 0 aromatic heterocycles. The Morgan fingerprint density at radius 2 is 1.71 bits per heavy atom. The Hall–Kier alpha value is -2.64. The maximum Gasteiger partial charge on any atom is 0.273 e. The van der Waals surface area contributed by atoms with Crippen LogP contribution in [0.1, 0.15) is 23.2 Å². The predicted octanol–water partition coefficient (Wildman–Crippen LogP) is 3.48. The number of piperidine rings is 1. The van der Waals surface area contributed by atoms with E-state index in [1.165, 1.54) is 0 Å². The number of carbonyl (C=O) groups excluding carboxylic acids is 2. The van der Waals surface area contributed by atoms with E-state index >= 15 is 0 Å². The first-order valence-electron chi connectivity index (χ1n) is 9.13. The van der Waals surface area contributed by atoms with Crippen LogP contribution in [0.25, 0.3) is 0 Å². The highest BCUT2D eigenvalue weighted by Crippen LogP contribution is 2.32. The maximum atomic E-state index is 12.7. The quantitative estimate of drug-likeness (QED) is 0.764. The van der Waals surface area contributed by atoms with Gasteiger partial charge in [-0.25, -0.2) is 0 Å². The highest BCUT2D eigenvalue weighted by molar-refractivity contribution is 9.10. The third-order valence-corrected chi connectivity index (χ3v) is 5.56. The average molecular weight is 442 g/mol. The molecule has 0 atom stereocenters. The van der Waals surface area contributed by atoms with Crippen LogP contribution in [0.3, 0.4) is 0 Å². The van der Waals surface area contributed by atoms with Gasteiger partial charge in [0, 0.05) is 41.7 Å². The normalized spacial score (nSPS) is 17.8. The lowest BCUT2D eigenvalue weighted by atomic mass is 9.90. The summed E-state index contributed by atoms with van der Waals surface area (Å²) in [6, 6.07) is 16.6. The summed E-state index contributed by atoms with van der Waals surface area (Å²) in [6.07, 6.45) is 3.10. The largest absolute Gasteiger partial charge is 0.338 e. The van der Waals surface area contributed by atoms with Gasteiger partial charge in [-0.05, 0) is 42.5 Å². The minimum absolute atomic E-state index is 0.0133. The van der Waals surface area contributed by atoms with Crippen molar-refractivity contribution in [2.45, 2.75) is 18.4 Å². The summed E-state index contributed by atoms with van der Waals surface area (Å²) >= 11 is 3.38. The van der Waals surface area contributed by atoms with Crippen molar-refractivity contribution in [1.29, 1.82) is 0 Å². The molecule has 0 aliphatic carbocycles. The van der Waals surface area contributed by atoms with Gasteiger partial charge in [0.15, 0.2) is 0 Å². The highest BCUT2D eigenvalue weighted by atomic mass is 79.9. The van der Waals surface area contributed by atoms with E-state index in [0.717, 1.165) is 10.2 Å². The molecule has 2 heterocycles. The number of carbonyl (C=O) groups is 2. The third-order valence-electron chi connectivity index (χ3n) is 5.04. The van der Waals surface area contributed by atoms with E-state index in [0.29, 0.717) is 37.2 Å². The van der Waals surface area contributed by atoms with Crippen LogP contribution in [0.4, 0.5) is 5.69 Å². The zero-order valence-electron chi connectivity index (χ0n) is 15.2. The SMILES string of the molecule is O=C(Nc1ccccc1)C1=CC2(CCN(C(=O)c3ccc(Br)cc3)CC2)ON1. The van der Waals surface area contributed by atoms with E-state index < -0.39 is 5.60 Å². The van der Waals surface area contributed by atoms with E-state index in [2.05, 4.69) is 26.7 Å². The number of likely N-dealkylation sites (tertiary alicyclic amines) is 1. The molecule has 1 saturated heterocycles.